The molecule has 1 amide bonds. The number of pyridine rings is 1. The van der Waals surface area contributed by atoms with Crippen LogP contribution in [0.1, 0.15) is 23.7 Å². The number of nitro groups is 1. The Kier molecular flexibility index (Phi) is 3.76. The van der Waals surface area contributed by atoms with Crippen LogP contribution in [0.5, 0.6) is 0 Å². The van der Waals surface area contributed by atoms with E-state index in [1.165, 1.54) is 6.07 Å². The molecule has 0 atom stereocenters. The number of carbonyl (C=O) groups excluding carboxylic acids is 1. The van der Waals surface area contributed by atoms with E-state index in [-0.39, 0.29) is 11.3 Å². The fourth-order valence-corrected chi connectivity index (χ4v) is 1.14. The van der Waals surface area contributed by atoms with E-state index in [0.29, 0.717) is 12.4 Å². The molecule has 0 aliphatic carbocycles. The maximum absolute atomic E-state index is 11.0. The standard InChI is InChI=1S/C9H12N4O3/c1-2-3-11-8-4-6(9(10)14)7(5-12-8)13(15)16/h4-5H,2-3H2,1H3,(H2,10,14)(H,11,12). The lowest BCUT2D eigenvalue weighted by Crippen LogP contribution is -2.14. The van der Waals surface area contributed by atoms with Crippen LogP contribution in [-0.4, -0.2) is 22.4 Å². The average Bonchev–Trinajstić information content (AvgIpc) is 2.25. The third kappa shape index (κ3) is 2.66. The lowest BCUT2D eigenvalue weighted by atomic mass is 10.2. The molecule has 0 aliphatic heterocycles. The summed E-state index contributed by atoms with van der Waals surface area (Å²) in [5.41, 5.74) is 4.53. The van der Waals surface area contributed by atoms with Crippen molar-refractivity contribution in [1.29, 1.82) is 0 Å². The molecular formula is C9H12N4O3. The first-order chi connectivity index (χ1) is 7.56. The summed E-state index contributed by atoms with van der Waals surface area (Å²) >= 11 is 0. The highest BCUT2D eigenvalue weighted by Gasteiger charge is 2.19. The summed E-state index contributed by atoms with van der Waals surface area (Å²) in [6.45, 7) is 2.64. The lowest BCUT2D eigenvalue weighted by molar-refractivity contribution is -0.385. The first kappa shape index (κ1) is 11.9. The molecular weight excluding hydrogens is 212 g/mol. The zero-order valence-electron chi connectivity index (χ0n) is 8.77. The fourth-order valence-electron chi connectivity index (χ4n) is 1.14. The molecule has 3 N–H and O–H groups in total. The van der Waals surface area contributed by atoms with E-state index >= 15 is 0 Å². The van der Waals surface area contributed by atoms with Gasteiger partial charge in [0.15, 0.2) is 0 Å². The fraction of sp³-hybridized carbons (Fsp3) is 0.333. The highest BCUT2D eigenvalue weighted by molar-refractivity contribution is 5.97. The molecule has 0 spiro atoms. The van der Waals surface area contributed by atoms with Crippen LogP contribution in [0, 0.1) is 10.1 Å². The number of primary amides is 1. The van der Waals surface area contributed by atoms with Gasteiger partial charge in [0.05, 0.1) is 4.92 Å². The number of nitrogens with zero attached hydrogens (tertiary/aromatic N) is 2. The quantitative estimate of drug-likeness (QED) is 0.570. The summed E-state index contributed by atoms with van der Waals surface area (Å²) in [6, 6.07) is 1.29. The second-order valence-corrected chi connectivity index (χ2v) is 3.13. The summed E-state index contributed by atoms with van der Waals surface area (Å²) in [4.78, 5) is 24.7. The van der Waals surface area contributed by atoms with Crippen molar-refractivity contribution >= 4 is 17.4 Å². The molecule has 1 heterocycles. The van der Waals surface area contributed by atoms with Gasteiger partial charge >= 0.3 is 0 Å². The normalized spacial score (nSPS) is 9.81. The van der Waals surface area contributed by atoms with Gasteiger partial charge in [0.2, 0.25) is 0 Å². The number of nitrogens with one attached hydrogen (secondary N) is 1. The van der Waals surface area contributed by atoms with Crippen LogP contribution in [0.15, 0.2) is 12.3 Å². The molecule has 1 aromatic rings. The van der Waals surface area contributed by atoms with Gasteiger partial charge in [-0.25, -0.2) is 4.98 Å². The van der Waals surface area contributed by atoms with Gasteiger partial charge in [-0.2, -0.15) is 0 Å². The minimum atomic E-state index is -0.839. The number of carbonyl (C=O) groups is 1. The molecule has 1 aromatic heterocycles. The van der Waals surface area contributed by atoms with E-state index < -0.39 is 10.8 Å². The van der Waals surface area contributed by atoms with Gasteiger partial charge in [0, 0.05) is 12.6 Å². The van der Waals surface area contributed by atoms with E-state index in [2.05, 4.69) is 10.3 Å². The van der Waals surface area contributed by atoms with E-state index in [9.17, 15) is 14.9 Å². The number of hydrogen-bond donors (Lipinski definition) is 2. The number of amides is 1. The third-order valence-electron chi connectivity index (χ3n) is 1.90. The summed E-state index contributed by atoms with van der Waals surface area (Å²) in [6.07, 6.45) is 1.91. The number of hydrogen-bond acceptors (Lipinski definition) is 5. The van der Waals surface area contributed by atoms with Crippen molar-refractivity contribution in [2.45, 2.75) is 13.3 Å². The van der Waals surface area contributed by atoms with E-state index in [4.69, 9.17) is 5.73 Å². The molecule has 16 heavy (non-hydrogen) atoms. The SMILES string of the molecule is CCCNc1cc(C(N)=O)c([N+](=O)[O-])cn1. The molecule has 0 aliphatic rings. The molecule has 1 rings (SSSR count). The maximum atomic E-state index is 11.0. The average molecular weight is 224 g/mol. The first-order valence-electron chi connectivity index (χ1n) is 4.74. The number of anilines is 1. The summed E-state index contributed by atoms with van der Waals surface area (Å²) in [5, 5.41) is 13.5. The van der Waals surface area contributed by atoms with Crippen LogP contribution in [-0.2, 0) is 0 Å². The van der Waals surface area contributed by atoms with Gasteiger partial charge in [0.25, 0.3) is 11.6 Å². The van der Waals surface area contributed by atoms with E-state index in [1.807, 2.05) is 6.92 Å². The molecule has 0 saturated heterocycles. The van der Waals surface area contributed by atoms with Crippen molar-refractivity contribution in [2.24, 2.45) is 5.73 Å². The molecule has 0 radical (unpaired) electrons. The van der Waals surface area contributed by atoms with E-state index in [1.54, 1.807) is 0 Å². The number of aromatic nitrogens is 1. The van der Waals surface area contributed by atoms with Crippen molar-refractivity contribution in [2.75, 3.05) is 11.9 Å². The molecule has 0 bridgehead atoms. The third-order valence-corrected chi connectivity index (χ3v) is 1.90. The molecule has 0 fully saturated rings. The summed E-state index contributed by atoms with van der Waals surface area (Å²) in [5.74, 6) is -0.435. The van der Waals surface area contributed by atoms with Crippen molar-refractivity contribution < 1.29 is 9.72 Å². The zero-order valence-corrected chi connectivity index (χ0v) is 8.77. The minimum absolute atomic E-state index is 0.140. The van der Waals surface area contributed by atoms with Crippen molar-refractivity contribution in [1.82, 2.24) is 4.98 Å². The Morgan fingerprint density at radius 2 is 2.38 bits per heavy atom. The van der Waals surface area contributed by atoms with Crippen molar-refractivity contribution in [3.63, 3.8) is 0 Å². The van der Waals surface area contributed by atoms with Crippen LogP contribution in [0.2, 0.25) is 0 Å². The monoisotopic (exact) mass is 224 g/mol. The number of rotatable bonds is 5. The second kappa shape index (κ2) is 5.06. The highest BCUT2D eigenvalue weighted by Crippen LogP contribution is 2.19. The van der Waals surface area contributed by atoms with Crippen LogP contribution in [0.3, 0.4) is 0 Å². The van der Waals surface area contributed by atoms with E-state index in [0.717, 1.165) is 12.6 Å². The van der Waals surface area contributed by atoms with Gasteiger partial charge < -0.3 is 11.1 Å². The Balaban J connectivity index is 3.07. The summed E-state index contributed by atoms with van der Waals surface area (Å²) < 4.78 is 0. The lowest BCUT2D eigenvalue weighted by Gasteiger charge is -2.04. The van der Waals surface area contributed by atoms with Crippen LogP contribution in [0.25, 0.3) is 0 Å². The zero-order chi connectivity index (χ0) is 12.1. The van der Waals surface area contributed by atoms with Crippen molar-refractivity contribution in [3.8, 4) is 0 Å². The van der Waals surface area contributed by atoms with Crippen LogP contribution < -0.4 is 11.1 Å². The van der Waals surface area contributed by atoms with Crippen LogP contribution >= 0.6 is 0 Å². The van der Waals surface area contributed by atoms with Gasteiger partial charge in [-0.3, -0.25) is 14.9 Å². The largest absolute Gasteiger partial charge is 0.370 e. The Bertz CT molecular complexity index is 419. The topological polar surface area (TPSA) is 111 Å². The number of nitrogens with two attached hydrogens (primary N) is 1. The van der Waals surface area contributed by atoms with Crippen LogP contribution in [0.4, 0.5) is 11.5 Å². The second-order valence-electron chi connectivity index (χ2n) is 3.13. The highest BCUT2D eigenvalue weighted by atomic mass is 16.6. The molecule has 7 heteroatoms. The Hall–Kier alpha value is -2.18. The van der Waals surface area contributed by atoms with Crippen molar-refractivity contribution in [3.05, 3.63) is 27.9 Å². The first-order valence-corrected chi connectivity index (χ1v) is 4.74. The Labute approximate surface area is 91.8 Å². The van der Waals surface area contributed by atoms with Gasteiger partial charge in [0.1, 0.15) is 17.6 Å². The Morgan fingerprint density at radius 3 is 2.88 bits per heavy atom. The van der Waals surface area contributed by atoms with Gasteiger partial charge in [-0.05, 0) is 6.42 Å². The summed E-state index contributed by atoms with van der Waals surface area (Å²) in [7, 11) is 0. The molecule has 86 valence electrons. The molecule has 0 saturated carbocycles. The van der Waals surface area contributed by atoms with Gasteiger partial charge in [-0.1, -0.05) is 6.92 Å². The molecule has 0 aromatic carbocycles. The molecule has 0 unspecified atom stereocenters. The maximum Gasteiger partial charge on any atom is 0.300 e. The van der Waals surface area contributed by atoms with Gasteiger partial charge in [-0.15, -0.1) is 0 Å². The Morgan fingerprint density at radius 1 is 1.69 bits per heavy atom. The smallest absolute Gasteiger partial charge is 0.300 e. The minimum Gasteiger partial charge on any atom is -0.370 e. The predicted octanol–water partition coefficient (Wildman–Crippen LogP) is 0.911. The molecule has 7 nitrogen and oxygen atoms in total. The predicted molar refractivity (Wildman–Crippen MR) is 58.2 cm³/mol.